The molecule has 0 aromatic rings. The van der Waals surface area contributed by atoms with Gasteiger partial charge in [0.15, 0.2) is 0 Å². The smallest absolute Gasteiger partial charge is 0.326 e. The molecule has 4 N–H and O–H groups in total. The van der Waals surface area contributed by atoms with Crippen LogP contribution in [0.3, 0.4) is 0 Å². The van der Waals surface area contributed by atoms with E-state index in [4.69, 9.17) is 15.3 Å². The molecule has 0 bridgehead atoms. The van der Waals surface area contributed by atoms with Gasteiger partial charge in [0.05, 0.1) is 0 Å². The third kappa shape index (κ3) is 5.83. The van der Waals surface area contributed by atoms with Crippen LogP contribution in [0.15, 0.2) is 0 Å². The maximum absolute atomic E-state index is 11.9. The van der Waals surface area contributed by atoms with Crippen LogP contribution in [0.25, 0.3) is 0 Å². The number of aliphatic hydroxyl groups excluding tert-OH is 2. The predicted octanol–water partition coefficient (Wildman–Crippen LogP) is -0.376. The van der Waals surface area contributed by atoms with Crippen molar-refractivity contribution in [2.75, 3.05) is 19.8 Å². The molecule has 0 aliphatic carbocycles. The van der Waals surface area contributed by atoms with Gasteiger partial charge in [0, 0.05) is 32.2 Å². The molecule has 0 saturated carbocycles. The Hall–Kier alpha value is -1.34. The summed E-state index contributed by atoms with van der Waals surface area (Å²) in [5.41, 5.74) is 0. The molecule has 0 aromatic heterocycles. The monoisotopic (exact) mass is 262 g/mol. The maximum atomic E-state index is 11.9. The van der Waals surface area contributed by atoms with Gasteiger partial charge in [-0.1, -0.05) is 0 Å². The molecule has 7 heteroatoms. The van der Waals surface area contributed by atoms with Crippen molar-refractivity contribution in [3.8, 4) is 0 Å². The molecule has 0 aliphatic heterocycles. The summed E-state index contributed by atoms with van der Waals surface area (Å²) in [5.74, 6) is -1.18. The fourth-order valence-corrected chi connectivity index (χ4v) is 1.45. The number of nitrogens with zero attached hydrogens (tertiary/aromatic N) is 1. The summed E-state index contributed by atoms with van der Waals surface area (Å²) in [6, 6.07) is -1.70. The first-order valence-corrected chi connectivity index (χ1v) is 5.95. The van der Waals surface area contributed by atoms with Gasteiger partial charge in [-0.15, -0.1) is 0 Å². The minimum atomic E-state index is -1.18. The Morgan fingerprint density at radius 1 is 1.22 bits per heavy atom. The fraction of sp³-hybridized carbons (Fsp3) is 0.818. The Labute approximate surface area is 106 Å². The van der Waals surface area contributed by atoms with Crippen LogP contribution in [0, 0.1) is 0 Å². The number of hydrogen-bond acceptors (Lipinski definition) is 4. The summed E-state index contributed by atoms with van der Waals surface area (Å²) in [4.78, 5) is 24.2. The van der Waals surface area contributed by atoms with Gasteiger partial charge in [-0.05, 0) is 20.3 Å². The standard InChI is InChI=1S/C11H22N2O5/c1-8(2)13(5-3-6-14)11(18)12-9(4-7-15)10(16)17/h8-9,14-15H,3-7H2,1-2H3,(H,12,18)(H,16,17)/t9-/m1/s1. The van der Waals surface area contributed by atoms with Crippen LogP contribution in [0.1, 0.15) is 26.7 Å². The molecule has 0 radical (unpaired) electrons. The molecule has 0 aromatic carbocycles. The quantitative estimate of drug-likeness (QED) is 0.477. The van der Waals surface area contributed by atoms with Gasteiger partial charge in [-0.2, -0.15) is 0 Å². The van der Waals surface area contributed by atoms with Crippen molar-refractivity contribution in [2.24, 2.45) is 0 Å². The third-order valence-electron chi connectivity index (χ3n) is 2.45. The maximum Gasteiger partial charge on any atom is 0.326 e. The number of urea groups is 1. The number of hydrogen-bond donors (Lipinski definition) is 4. The Balaban J connectivity index is 4.51. The van der Waals surface area contributed by atoms with E-state index in [0.29, 0.717) is 13.0 Å². The van der Waals surface area contributed by atoms with E-state index in [1.807, 2.05) is 0 Å². The molecule has 1 atom stereocenters. The molecule has 0 saturated heterocycles. The SMILES string of the molecule is CC(C)N(CCCO)C(=O)N[C@H](CCO)C(=O)O. The first-order valence-electron chi connectivity index (χ1n) is 5.95. The van der Waals surface area contributed by atoms with Gasteiger partial charge in [-0.25, -0.2) is 9.59 Å². The van der Waals surface area contributed by atoms with Crippen molar-refractivity contribution in [3.05, 3.63) is 0 Å². The van der Waals surface area contributed by atoms with E-state index >= 15 is 0 Å². The molecular weight excluding hydrogens is 240 g/mol. The highest BCUT2D eigenvalue weighted by Crippen LogP contribution is 2.02. The predicted molar refractivity (Wildman–Crippen MR) is 65.2 cm³/mol. The van der Waals surface area contributed by atoms with Crippen molar-refractivity contribution in [2.45, 2.75) is 38.8 Å². The molecule has 0 fully saturated rings. The number of aliphatic hydroxyl groups is 2. The Bertz CT molecular complexity index is 270. The van der Waals surface area contributed by atoms with Crippen LogP contribution in [-0.2, 0) is 4.79 Å². The van der Waals surface area contributed by atoms with Gasteiger partial charge >= 0.3 is 12.0 Å². The van der Waals surface area contributed by atoms with Crippen molar-refractivity contribution < 1.29 is 24.9 Å². The molecular formula is C11H22N2O5. The van der Waals surface area contributed by atoms with E-state index in [-0.39, 0.29) is 25.7 Å². The first kappa shape index (κ1) is 16.7. The van der Waals surface area contributed by atoms with E-state index in [0.717, 1.165) is 0 Å². The summed E-state index contributed by atoms with van der Waals surface area (Å²) >= 11 is 0. The molecule has 0 rings (SSSR count). The number of aliphatic carboxylic acids is 1. The summed E-state index contributed by atoms with van der Waals surface area (Å²) in [6.07, 6.45) is 0.399. The molecule has 0 heterocycles. The van der Waals surface area contributed by atoms with Crippen LogP contribution in [0.5, 0.6) is 0 Å². The Kier molecular flexibility index (Phi) is 8.06. The molecule has 2 amide bonds. The lowest BCUT2D eigenvalue weighted by Crippen LogP contribution is -2.50. The lowest BCUT2D eigenvalue weighted by Gasteiger charge is -2.28. The van der Waals surface area contributed by atoms with Crippen LogP contribution in [-0.4, -0.2) is 64.1 Å². The van der Waals surface area contributed by atoms with Crippen molar-refractivity contribution in [1.29, 1.82) is 0 Å². The summed E-state index contributed by atoms with van der Waals surface area (Å²) in [5, 5.41) is 28.7. The summed E-state index contributed by atoms with van der Waals surface area (Å²) < 4.78 is 0. The van der Waals surface area contributed by atoms with Crippen molar-refractivity contribution in [1.82, 2.24) is 10.2 Å². The second-order valence-corrected chi connectivity index (χ2v) is 4.22. The number of amides is 2. The van der Waals surface area contributed by atoms with E-state index in [1.54, 1.807) is 13.8 Å². The second-order valence-electron chi connectivity index (χ2n) is 4.22. The molecule has 0 spiro atoms. The van der Waals surface area contributed by atoms with E-state index in [1.165, 1.54) is 4.90 Å². The van der Waals surface area contributed by atoms with E-state index < -0.39 is 18.0 Å². The number of nitrogens with one attached hydrogen (secondary N) is 1. The lowest BCUT2D eigenvalue weighted by molar-refractivity contribution is -0.139. The average molecular weight is 262 g/mol. The van der Waals surface area contributed by atoms with Gasteiger partial charge < -0.3 is 25.5 Å². The third-order valence-corrected chi connectivity index (χ3v) is 2.45. The zero-order valence-electron chi connectivity index (χ0n) is 10.8. The van der Waals surface area contributed by atoms with Crippen LogP contribution in [0.4, 0.5) is 4.79 Å². The highest BCUT2D eigenvalue weighted by atomic mass is 16.4. The highest BCUT2D eigenvalue weighted by molar-refractivity contribution is 5.82. The van der Waals surface area contributed by atoms with Crippen LogP contribution >= 0.6 is 0 Å². The highest BCUT2D eigenvalue weighted by Gasteiger charge is 2.23. The second kappa shape index (κ2) is 8.71. The molecule has 18 heavy (non-hydrogen) atoms. The van der Waals surface area contributed by atoms with Crippen LogP contribution in [0.2, 0.25) is 0 Å². The average Bonchev–Trinajstić information content (AvgIpc) is 2.28. The zero-order valence-corrected chi connectivity index (χ0v) is 10.8. The summed E-state index contributed by atoms with van der Waals surface area (Å²) in [6.45, 7) is 3.62. The number of carbonyl (C=O) groups is 2. The lowest BCUT2D eigenvalue weighted by atomic mass is 10.2. The molecule has 106 valence electrons. The van der Waals surface area contributed by atoms with Crippen LogP contribution < -0.4 is 5.32 Å². The summed E-state index contributed by atoms with van der Waals surface area (Å²) in [7, 11) is 0. The molecule has 7 nitrogen and oxygen atoms in total. The van der Waals surface area contributed by atoms with Crippen molar-refractivity contribution >= 4 is 12.0 Å². The number of carbonyl (C=O) groups excluding carboxylic acids is 1. The molecule has 0 aliphatic rings. The Morgan fingerprint density at radius 3 is 2.22 bits per heavy atom. The minimum absolute atomic E-state index is 0.0322. The number of rotatable bonds is 8. The number of carboxylic acid groups (broad SMARTS) is 1. The van der Waals surface area contributed by atoms with Gasteiger partial charge in [0.25, 0.3) is 0 Å². The first-order chi connectivity index (χ1) is 8.43. The Morgan fingerprint density at radius 2 is 1.83 bits per heavy atom. The van der Waals surface area contributed by atoms with E-state index in [9.17, 15) is 9.59 Å². The fourth-order valence-electron chi connectivity index (χ4n) is 1.45. The van der Waals surface area contributed by atoms with Gasteiger partial charge in [0.2, 0.25) is 0 Å². The zero-order chi connectivity index (χ0) is 14.1. The minimum Gasteiger partial charge on any atom is -0.480 e. The topological polar surface area (TPSA) is 110 Å². The van der Waals surface area contributed by atoms with E-state index in [2.05, 4.69) is 5.32 Å². The molecule has 0 unspecified atom stereocenters. The normalized spacial score (nSPS) is 12.3. The largest absolute Gasteiger partial charge is 0.480 e. The van der Waals surface area contributed by atoms with Crippen molar-refractivity contribution in [3.63, 3.8) is 0 Å². The number of carboxylic acids is 1. The van der Waals surface area contributed by atoms with Gasteiger partial charge in [-0.3, -0.25) is 0 Å². The van der Waals surface area contributed by atoms with Gasteiger partial charge in [0.1, 0.15) is 6.04 Å².